The minimum atomic E-state index is -0.256. The molecule has 0 aliphatic heterocycles. The highest BCUT2D eigenvalue weighted by molar-refractivity contribution is 8.01. The molecular weight excluding hydrogens is 279 g/mol. The molecule has 0 atom stereocenters. The van der Waals surface area contributed by atoms with Crippen LogP contribution in [0.1, 0.15) is 5.56 Å². The van der Waals surface area contributed by atoms with Crippen molar-refractivity contribution in [2.24, 2.45) is 5.73 Å². The van der Waals surface area contributed by atoms with Crippen LogP contribution in [0.3, 0.4) is 0 Å². The second-order valence-electron chi connectivity index (χ2n) is 3.97. The third-order valence-electron chi connectivity index (χ3n) is 2.75. The molecule has 0 fully saturated rings. The van der Waals surface area contributed by atoms with Crippen molar-refractivity contribution in [2.75, 3.05) is 0 Å². The number of para-hydroxylation sites is 1. The van der Waals surface area contributed by atoms with Crippen molar-refractivity contribution in [3.8, 4) is 0 Å². The summed E-state index contributed by atoms with van der Waals surface area (Å²) in [5, 5.41) is 0. The van der Waals surface area contributed by atoms with Crippen molar-refractivity contribution in [1.82, 2.24) is 4.98 Å². The van der Waals surface area contributed by atoms with Crippen molar-refractivity contribution in [3.63, 3.8) is 0 Å². The van der Waals surface area contributed by atoms with Gasteiger partial charge in [0.15, 0.2) is 4.34 Å². The second-order valence-corrected chi connectivity index (χ2v) is 6.29. The van der Waals surface area contributed by atoms with E-state index in [1.807, 2.05) is 30.3 Å². The third-order valence-corrected chi connectivity index (χ3v) is 4.95. The molecule has 3 aromatic rings. The monoisotopic (exact) mass is 290 g/mol. The maximum atomic E-state index is 13.6. The van der Waals surface area contributed by atoms with E-state index in [1.54, 1.807) is 17.4 Å². The summed E-state index contributed by atoms with van der Waals surface area (Å²) in [4.78, 5) is 5.37. The zero-order chi connectivity index (χ0) is 13.2. The van der Waals surface area contributed by atoms with Crippen molar-refractivity contribution >= 4 is 33.3 Å². The summed E-state index contributed by atoms with van der Waals surface area (Å²) in [6.07, 6.45) is 0. The maximum Gasteiger partial charge on any atom is 0.155 e. The molecule has 1 heterocycles. The van der Waals surface area contributed by atoms with E-state index in [-0.39, 0.29) is 12.4 Å². The van der Waals surface area contributed by atoms with Crippen LogP contribution in [-0.4, -0.2) is 4.98 Å². The topological polar surface area (TPSA) is 38.9 Å². The fourth-order valence-electron chi connectivity index (χ4n) is 1.82. The lowest BCUT2D eigenvalue weighted by atomic mass is 10.2. The molecule has 0 radical (unpaired) electrons. The Morgan fingerprint density at radius 1 is 1.16 bits per heavy atom. The summed E-state index contributed by atoms with van der Waals surface area (Å²) in [6, 6.07) is 13.0. The van der Waals surface area contributed by atoms with Gasteiger partial charge < -0.3 is 5.73 Å². The fraction of sp³-hybridized carbons (Fsp3) is 0.0714. The Labute approximate surface area is 118 Å². The third kappa shape index (κ3) is 2.49. The minimum absolute atomic E-state index is 0.194. The molecule has 2 nitrogen and oxygen atoms in total. The van der Waals surface area contributed by atoms with Gasteiger partial charge in [0, 0.05) is 17.0 Å². The molecule has 5 heteroatoms. The molecule has 2 aromatic carbocycles. The molecule has 0 saturated carbocycles. The van der Waals surface area contributed by atoms with Gasteiger partial charge in [0.1, 0.15) is 5.82 Å². The first-order valence-electron chi connectivity index (χ1n) is 5.79. The van der Waals surface area contributed by atoms with E-state index < -0.39 is 0 Å². The number of aromatic nitrogens is 1. The van der Waals surface area contributed by atoms with Gasteiger partial charge in [-0.3, -0.25) is 0 Å². The zero-order valence-corrected chi connectivity index (χ0v) is 11.6. The lowest BCUT2D eigenvalue weighted by Crippen LogP contribution is -2.01. The van der Waals surface area contributed by atoms with Crippen molar-refractivity contribution < 1.29 is 4.39 Å². The van der Waals surface area contributed by atoms with Gasteiger partial charge in [0.25, 0.3) is 0 Å². The van der Waals surface area contributed by atoms with E-state index in [9.17, 15) is 4.39 Å². The largest absolute Gasteiger partial charge is 0.326 e. The van der Waals surface area contributed by atoms with E-state index >= 15 is 0 Å². The van der Waals surface area contributed by atoms with Crippen LogP contribution < -0.4 is 5.73 Å². The van der Waals surface area contributed by atoms with Crippen LogP contribution in [-0.2, 0) is 6.54 Å². The highest BCUT2D eigenvalue weighted by atomic mass is 32.2. The molecule has 19 heavy (non-hydrogen) atoms. The predicted molar refractivity (Wildman–Crippen MR) is 78.0 cm³/mol. The molecule has 0 unspecified atom stereocenters. The van der Waals surface area contributed by atoms with E-state index in [0.717, 1.165) is 19.5 Å². The molecule has 0 saturated heterocycles. The van der Waals surface area contributed by atoms with E-state index in [2.05, 4.69) is 4.98 Å². The van der Waals surface area contributed by atoms with Gasteiger partial charge in [0.2, 0.25) is 0 Å². The summed E-state index contributed by atoms with van der Waals surface area (Å²) >= 11 is 3.07. The number of halogens is 1. The van der Waals surface area contributed by atoms with Crippen LogP contribution in [0, 0.1) is 5.82 Å². The molecule has 0 bridgehead atoms. The molecule has 0 aliphatic rings. The lowest BCUT2D eigenvalue weighted by molar-refractivity contribution is 0.604. The summed E-state index contributed by atoms with van der Waals surface area (Å²) in [7, 11) is 0. The summed E-state index contributed by atoms with van der Waals surface area (Å²) in [6.45, 7) is 0.194. The summed E-state index contributed by atoms with van der Waals surface area (Å²) in [5.74, 6) is -0.256. The number of thiazole rings is 1. The zero-order valence-electron chi connectivity index (χ0n) is 9.97. The predicted octanol–water partition coefficient (Wildman–Crippen LogP) is 4.05. The standard InChI is InChI=1S/C14H11FN2S2/c15-10-4-3-7-12(9(10)8-16)18-14-17-11-5-1-2-6-13(11)19-14/h1-7H,8,16H2. The van der Waals surface area contributed by atoms with Gasteiger partial charge in [-0.05, 0) is 24.3 Å². The second kappa shape index (κ2) is 5.28. The van der Waals surface area contributed by atoms with Crippen LogP contribution in [0.2, 0.25) is 0 Å². The highest BCUT2D eigenvalue weighted by Crippen LogP contribution is 2.36. The summed E-state index contributed by atoms with van der Waals surface area (Å²) < 4.78 is 15.7. The van der Waals surface area contributed by atoms with Crippen LogP contribution in [0.15, 0.2) is 51.7 Å². The van der Waals surface area contributed by atoms with Gasteiger partial charge in [-0.2, -0.15) is 0 Å². The number of rotatable bonds is 3. The van der Waals surface area contributed by atoms with Crippen molar-refractivity contribution in [2.45, 2.75) is 15.8 Å². The molecule has 0 amide bonds. The van der Waals surface area contributed by atoms with Gasteiger partial charge in [-0.1, -0.05) is 30.0 Å². The molecule has 0 aliphatic carbocycles. The molecule has 0 spiro atoms. The number of nitrogens with two attached hydrogens (primary N) is 1. The number of hydrogen-bond acceptors (Lipinski definition) is 4. The lowest BCUT2D eigenvalue weighted by Gasteiger charge is -2.05. The van der Waals surface area contributed by atoms with Crippen LogP contribution in [0.25, 0.3) is 10.2 Å². The molecule has 2 N–H and O–H groups in total. The Balaban J connectivity index is 1.99. The number of fused-ring (bicyclic) bond motifs is 1. The maximum absolute atomic E-state index is 13.6. The first-order valence-corrected chi connectivity index (χ1v) is 7.42. The highest BCUT2D eigenvalue weighted by Gasteiger charge is 2.11. The van der Waals surface area contributed by atoms with Crippen molar-refractivity contribution in [3.05, 3.63) is 53.8 Å². The SMILES string of the molecule is NCc1c(F)cccc1Sc1nc2ccccc2s1. The van der Waals surface area contributed by atoms with Crippen LogP contribution in [0.5, 0.6) is 0 Å². The number of nitrogens with zero attached hydrogens (tertiary/aromatic N) is 1. The Morgan fingerprint density at radius 2 is 2.00 bits per heavy atom. The average Bonchev–Trinajstić information content (AvgIpc) is 2.81. The quantitative estimate of drug-likeness (QED) is 0.791. The summed E-state index contributed by atoms with van der Waals surface area (Å²) in [5.41, 5.74) is 7.13. The molecule has 96 valence electrons. The Morgan fingerprint density at radius 3 is 2.79 bits per heavy atom. The molecule has 3 rings (SSSR count). The molecular formula is C14H11FN2S2. The van der Waals surface area contributed by atoms with Crippen LogP contribution >= 0.6 is 23.1 Å². The number of hydrogen-bond donors (Lipinski definition) is 1. The van der Waals surface area contributed by atoms with Gasteiger partial charge in [-0.25, -0.2) is 9.37 Å². The van der Waals surface area contributed by atoms with E-state index in [4.69, 9.17) is 5.73 Å². The smallest absolute Gasteiger partial charge is 0.155 e. The minimum Gasteiger partial charge on any atom is -0.326 e. The molecule has 1 aromatic heterocycles. The average molecular weight is 290 g/mol. The van der Waals surface area contributed by atoms with Gasteiger partial charge in [-0.15, -0.1) is 11.3 Å². The van der Waals surface area contributed by atoms with Crippen molar-refractivity contribution in [1.29, 1.82) is 0 Å². The van der Waals surface area contributed by atoms with E-state index in [1.165, 1.54) is 17.8 Å². The van der Waals surface area contributed by atoms with Gasteiger partial charge in [0.05, 0.1) is 10.2 Å². The first-order chi connectivity index (χ1) is 9.28. The van der Waals surface area contributed by atoms with Crippen LogP contribution in [0.4, 0.5) is 4.39 Å². The Bertz CT molecular complexity index is 691. The van der Waals surface area contributed by atoms with Gasteiger partial charge >= 0.3 is 0 Å². The fourth-order valence-corrected chi connectivity index (χ4v) is 4.01. The first kappa shape index (κ1) is 12.6. The Kier molecular flexibility index (Phi) is 3.50. The Hall–Kier alpha value is -1.43. The van der Waals surface area contributed by atoms with E-state index in [0.29, 0.717) is 5.56 Å². The number of benzene rings is 2. The normalized spacial score (nSPS) is 11.1.